The average molecular weight is 465 g/mol. The summed E-state index contributed by atoms with van der Waals surface area (Å²) >= 11 is 0. The van der Waals surface area contributed by atoms with E-state index in [9.17, 15) is 0 Å². The molecule has 0 heterocycles. The zero-order valence-electron chi connectivity index (χ0n) is 22.8. The highest BCUT2D eigenvalue weighted by Gasteiger charge is 1.93. The zero-order chi connectivity index (χ0) is 24.8. The molecule has 0 heteroatoms. The third-order valence-electron chi connectivity index (χ3n) is 5.95. The van der Waals surface area contributed by atoms with Gasteiger partial charge in [-0.3, -0.25) is 0 Å². The van der Waals surface area contributed by atoms with E-state index in [1.54, 1.807) is 0 Å². The maximum absolute atomic E-state index is 3.79. The molecule has 0 aromatic heterocycles. The Balaban J connectivity index is 3.50. The van der Waals surface area contributed by atoms with E-state index in [1.165, 1.54) is 77.0 Å². The summed E-state index contributed by atoms with van der Waals surface area (Å²) in [6.07, 6.45) is 51.0. The van der Waals surface area contributed by atoms with Gasteiger partial charge in [-0.15, -0.1) is 6.58 Å². The highest BCUT2D eigenvalue weighted by molar-refractivity contribution is 5.12. The van der Waals surface area contributed by atoms with Crippen LogP contribution in [0.15, 0.2) is 85.6 Å². The standard InChI is InChI=1S/C34H56/c1-4-6-8-10-12-14-16-17-18-19-20-21-22-23-25-27-29-31-33-34(3)32-30-28-26-24-15-13-11-9-7-5-2/h4,7,9,15,23-26,28-32,34H,1,5-6,8,10-14,16-22,27,33H2,2-3H3/b9-7-,24-15-,25-23-,28-26+,31-29-,32-30+. The first-order valence-electron chi connectivity index (χ1n) is 14.4. The molecular weight excluding hydrogens is 408 g/mol. The highest BCUT2D eigenvalue weighted by Crippen LogP contribution is 2.12. The van der Waals surface area contributed by atoms with Gasteiger partial charge in [0.05, 0.1) is 0 Å². The molecule has 0 rings (SSSR count). The van der Waals surface area contributed by atoms with Gasteiger partial charge in [0.1, 0.15) is 0 Å². The van der Waals surface area contributed by atoms with Gasteiger partial charge in [-0.2, -0.15) is 0 Å². The Hall–Kier alpha value is -1.82. The lowest BCUT2D eigenvalue weighted by atomic mass is 10.0. The van der Waals surface area contributed by atoms with Crippen LogP contribution in [0.1, 0.15) is 123 Å². The molecule has 0 aliphatic heterocycles. The first-order valence-corrected chi connectivity index (χ1v) is 14.4. The van der Waals surface area contributed by atoms with Crippen LogP contribution in [-0.4, -0.2) is 0 Å². The van der Waals surface area contributed by atoms with Crippen molar-refractivity contribution in [2.75, 3.05) is 0 Å². The molecule has 0 saturated carbocycles. The van der Waals surface area contributed by atoms with Crippen molar-refractivity contribution in [3.63, 3.8) is 0 Å². The van der Waals surface area contributed by atoms with Crippen molar-refractivity contribution in [2.24, 2.45) is 5.92 Å². The molecule has 0 spiro atoms. The highest BCUT2D eigenvalue weighted by atomic mass is 14.0. The average Bonchev–Trinajstić information content (AvgIpc) is 2.84. The van der Waals surface area contributed by atoms with E-state index in [0.717, 1.165) is 32.1 Å². The van der Waals surface area contributed by atoms with Crippen LogP contribution in [0.4, 0.5) is 0 Å². The Morgan fingerprint density at radius 3 is 1.76 bits per heavy atom. The fraction of sp³-hybridized carbons (Fsp3) is 0.588. The molecule has 0 amide bonds. The van der Waals surface area contributed by atoms with E-state index in [1.807, 2.05) is 6.08 Å². The van der Waals surface area contributed by atoms with Crippen LogP contribution in [0.2, 0.25) is 0 Å². The van der Waals surface area contributed by atoms with Gasteiger partial charge in [0.15, 0.2) is 0 Å². The molecule has 0 nitrogen and oxygen atoms in total. The summed E-state index contributed by atoms with van der Waals surface area (Å²) in [5, 5.41) is 0. The van der Waals surface area contributed by atoms with Crippen LogP contribution in [0.5, 0.6) is 0 Å². The van der Waals surface area contributed by atoms with Crippen LogP contribution in [-0.2, 0) is 0 Å². The number of allylic oxidation sites excluding steroid dienone is 13. The van der Waals surface area contributed by atoms with Crippen molar-refractivity contribution in [1.29, 1.82) is 0 Å². The van der Waals surface area contributed by atoms with Crippen molar-refractivity contribution in [1.82, 2.24) is 0 Å². The summed E-state index contributed by atoms with van der Waals surface area (Å²) in [5.41, 5.74) is 0. The smallest absolute Gasteiger partial charge is 0.0169 e. The lowest BCUT2D eigenvalue weighted by Crippen LogP contribution is -1.84. The monoisotopic (exact) mass is 464 g/mol. The lowest BCUT2D eigenvalue weighted by Gasteiger charge is -2.01. The molecule has 0 aromatic rings. The number of rotatable bonds is 24. The first kappa shape index (κ1) is 32.2. The van der Waals surface area contributed by atoms with E-state index in [-0.39, 0.29) is 0 Å². The lowest BCUT2D eigenvalue weighted by molar-refractivity contribution is 0.553. The number of unbranched alkanes of at least 4 members (excludes halogenated alkanes) is 12. The quantitative estimate of drug-likeness (QED) is 0.0756. The largest absolute Gasteiger partial charge is 0.103 e. The summed E-state index contributed by atoms with van der Waals surface area (Å²) in [6.45, 7) is 8.24. The van der Waals surface area contributed by atoms with E-state index < -0.39 is 0 Å². The molecule has 0 N–H and O–H groups in total. The van der Waals surface area contributed by atoms with Gasteiger partial charge in [0.25, 0.3) is 0 Å². The predicted octanol–water partition coefficient (Wildman–Crippen LogP) is 11.8. The van der Waals surface area contributed by atoms with E-state index in [2.05, 4.69) is 93.3 Å². The summed E-state index contributed by atoms with van der Waals surface area (Å²) in [4.78, 5) is 0. The van der Waals surface area contributed by atoms with Crippen molar-refractivity contribution in [3.8, 4) is 0 Å². The molecule has 34 heavy (non-hydrogen) atoms. The molecule has 0 fully saturated rings. The summed E-state index contributed by atoms with van der Waals surface area (Å²) in [6, 6.07) is 0. The maximum Gasteiger partial charge on any atom is -0.0169 e. The summed E-state index contributed by atoms with van der Waals surface area (Å²) < 4.78 is 0. The molecule has 0 saturated heterocycles. The van der Waals surface area contributed by atoms with Gasteiger partial charge < -0.3 is 0 Å². The molecule has 1 unspecified atom stereocenters. The number of hydrogen-bond donors (Lipinski definition) is 0. The predicted molar refractivity (Wildman–Crippen MR) is 158 cm³/mol. The van der Waals surface area contributed by atoms with Crippen molar-refractivity contribution in [2.45, 2.75) is 123 Å². The molecule has 192 valence electrons. The fourth-order valence-corrected chi connectivity index (χ4v) is 3.78. The topological polar surface area (TPSA) is 0 Å². The molecule has 1 atom stereocenters. The third kappa shape index (κ3) is 28.2. The van der Waals surface area contributed by atoms with Gasteiger partial charge in [-0.25, -0.2) is 0 Å². The summed E-state index contributed by atoms with van der Waals surface area (Å²) in [5.74, 6) is 0.588. The molecule has 0 aliphatic carbocycles. The van der Waals surface area contributed by atoms with Crippen molar-refractivity contribution < 1.29 is 0 Å². The normalized spacial score (nSPS) is 13.7. The van der Waals surface area contributed by atoms with Crippen LogP contribution < -0.4 is 0 Å². The number of hydrogen-bond acceptors (Lipinski definition) is 0. The van der Waals surface area contributed by atoms with Crippen LogP contribution >= 0.6 is 0 Å². The second-order valence-corrected chi connectivity index (χ2v) is 9.45. The van der Waals surface area contributed by atoms with Gasteiger partial charge in [0, 0.05) is 0 Å². The van der Waals surface area contributed by atoms with Gasteiger partial charge in [-0.1, -0.05) is 144 Å². The maximum atomic E-state index is 3.79. The van der Waals surface area contributed by atoms with Crippen LogP contribution in [0, 0.1) is 5.92 Å². The molecule has 0 radical (unpaired) electrons. The Kier molecular flexibility index (Phi) is 27.6. The van der Waals surface area contributed by atoms with Gasteiger partial charge in [-0.05, 0) is 63.7 Å². The minimum atomic E-state index is 0.588. The minimum Gasteiger partial charge on any atom is -0.103 e. The van der Waals surface area contributed by atoms with E-state index >= 15 is 0 Å². The molecule has 0 aliphatic rings. The van der Waals surface area contributed by atoms with Gasteiger partial charge in [0.2, 0.25) is 0 Å². The van der Waals surface area contributed by atoms with Crippen LogP contribution in [0.25, 0.3) is 0 Å². The van der Waals surface area contributed by atoms with E-state index in [0.29, 0.717) is 5.92 Å². The summed E-state index contributed by atoms with van der Waals surface area (Å²) in [7, 11) is 0. The second-order valence-electron chi connectivity index (χ2n) is 9.45. The zero-order valence-corrected chi connectivity index (χ0v) is 22.8. The first-order chi connectivity index (χ1) is 16.8. The Morgan fingerprint density at radius 1 is 0.529 bits per heavy atom. The molecular formula is C34H56. The van der Waals surface area contributed by atoms with E-state index in [4.69, 9.17) is 0 Å². The van der Waals surface area contributed by atoms with Crippen molar-refractivity contribution >= 4 is 0 Å². The third-order valence-corrected chi connectivity index (χ3v) is 5.95. The Labute approximate surface area is 214 Å². The Bertz CT molecular complexity index is 581. The molecule has 0 aromatic carbocycles. The second kappa shape index (κ2) is 29.2. The Morgan fingerprint density at radius 2 is 1.09 bits per heavy atom. The van der Waals surface area contributed by atoms with Gasteiger partial charge >= 0.3 is 0 Å². The van der Waals surface area contributed by atoms with Crippen LogP contribution in [0.3, 0.4) is 0 Å². The van der Waals surface area contributed by atoms with Crippen molar-refractivity contribution in [3.05, 3.63) is 85.6 Å². The fourth-order valence-electron chi connectivity index (χ4n) is 3.78. The SMILES string of the molecule is C=CCCCCCCCCCCCC/C=C\C/C=C\CC(C)/C=C/C=C/C=C\CC/C=C\CC. The molecule has 0 bridgehead atoms. The minimum absolute atomic E-state index is 0.588.